The van der Waals surface area contributed by atoms with E-state index in [0.29, 0.717) is 22.3 Å². The average molecular weight is 545 g/mol. The number of para-hydroxylation sites is 1. The molecule has 0 unspecified atom stereocenters. The maximum Gasteiger partial charge on any atom is 0.276 e. The number of thioether (sulfide) groups is 1. The number of methoxy groups -OCH3 is 2. The van der Waals surface area contributed by atoms with Gasteiger partial charge in [0.2, 0.25) is 0 Å². The van der Waals surface area contributed by atoms with Crippen LogP contribution in [0, 0.1) is 10.1 Å². The Hall–Kier alpha value is -4.97. The normalized spacial score (nSPS) is 11.1. The molecule has 0 atom stereocenters. The predicted octanol–water partition coefficient (Wildman–Crippen LogP) is 4.77. The van der Waals surface area contributed by atoms with Crippen molar-refractivity contribution >= 4 is 35.6 Å². The number of nitrogens with one attached hydrogen (secondary N) is 1. The summed E-state index contributed by atoms with van der Waals surface area (Å²) in [4.78, 5) is 23.1. The second-order valence-electron chi connectivity index (χ2n) is 7.84. The van der Waals surface area contributed by atoms with Gasteiger partial charge in [-0.05, 0) is 66.7 Å². The first-order valence-electron chi connectivity index (χ1n) is 11.6. The van der Waals surface area contributed by atoms with E-state index in [0.717, 1.165) is 17.0 Å². The molecule has 11 nitrogen and oxygen atoms in total. The number of carbonyl (C=O) groups is 1. The number of aromatic nitrogens is 3. The van der Waals surface area contributed by atoms with Gasteiger partial charge in [-0.3, -0.25) is 19.5 Å². The largest absolute Gasteiger partial charge is 0.497 e. The van der Waals surface area contributed by atoms with E-state index in [1.165, 1.54) is 30.1 Å². The summed E-state index contributed by atoms with van der Waals surface area (Å²) in [5, 5.41) is 24.2. The van der Waals surface area contributed by atoms with Crippen molar-refractivity contribution in [2.45, 2.75) is 5.16 Å². The van der Waals surface area contributed by atoms with Gasteiger partial charge in [-0.15, -0.1) is 10.2 Å². The van der Waals surface area contributed by atoms with E-state index >= 15 is 0 Å². The Labute approximate surface area is 228 Å². The fourth-order valence-electron chi connectivity index (χ4n) is 3.51. The fourth-order valence-corrected chi connectivity index (χ4v) is 4.25. The van der Waals surface area contributed by atoms with Gasteiger partial charge in [0.05, 0.1) is 30.5 Å². The highest BCUT2D eigenvalue weighted by atomic mass is 32.2. The Morgan fingerprint density at radius 3 is 2.36 bits per heavy atom. The van der Waals surface area contributed by atoms with E-state index in [-0.39, 0.29) is 17.3 Å². The van der Waals surface area contributed by atoms with Gasteiger partial charge in [0.1, 0.15) is 11.5 Å². The Kier molecular flexibility index (Phi) is 9.03. The topological polar surface area (TPSA) is 134 Å². The van der Waals surface area contributed by atoms with Crippen molar-refractivity contribution in [1.82, 2.24) is 20.2 Å². The molecular formula is C27H24N6O5S. The summed E-state index contributed by atoms with van der Waals surface area (Å²) >= 11 is 1.20. The quantitative estimate of drug-likeness (QED) is 0.124. The molecule has 0 fully saturated rings. The molecule has 1 amide bonds. The van der Waals surface area contributed by atoms with Gasteiger partial charge in [-0.2, -0.15) is 5.10 Å². The van der Waals surface area contributed by atoms with Crippen molar-refractivity contribution in [2.75, 3.05) is 20.0 Å². The molecule has 1 heterocycles. The predicted molar refractivity (Wildman–Crippen MR) is 149 cm³/mol. The Balaban J connectivity index is 1.45. The Morgan fingerprint density at radius 1 is 1.03 bits per heavy atom. The zero-order valence-corrected chi connectivity index (χ0v) is 21.9. The third-order valence-corrected chi connectivity index (χ3v) is 6.33. The van der Waals surface area contributed by atoms with Crippen molar-refractivity contribution in [3.63, 3.8) is 0 Å². The number of ether oxygens (including phenoxy) is 2. The van der Waals surface area contributed by atoms with Crippen LogP contribution in [0.5, 0.6) is 11.5 Å². The maximum absolute atomic E-state index is 12.4. The number of amides is 1. The third kappa shape index (κ3) is 6.87. The first-order chi connectivity index (χ1) is 19.0. The monoisotopic (exact) mass is 544 g/mol. The molecular weight excluding hydrogens is 520 g/mol. The lowest BCUT2D eigenvalue weighted by Gasteiger charge is -2.11. The van der Waals surface area contributed by atoms with Gasteiger partial charge in [-0.1, -0.05) is 23.9 Å². The van der Waals surface area contributed by atoms with E-state index in [9.17, 15) is 14.9 Å². The molecule has 1 aromatic heterocycles. The van der Waals surface area contributed by atoms with Crippen molar-refractivity contribution in [1.29, 1.82) is 0 Å². The summed E-state index contributed by atoms with van der Waals surface area (Å²) in [5.41, 5.74) is 4.48. The number of nitrogens with zero attached hydrogens (tertiary/aromatic N) is 5. The van der Waals surface area contributed by atoms with Crippen LogP contribution in [0.1, 0.15) is 5.56 Å². The lowest BCUT2D eigenvalue weighted by Crippen LogP contribution is -2.19. The van der Waals surface area contributed by atoms with Gasteiger partial charge >= 0.3 is 0 Å². The Morgan fingerprint density at radius 2 is 1.69 bits per heavy atom. The molecule has 3 aromatic carbocycles. The number of hydrogen-bond donors (Lipinski definition) is 1. The lowest BCUT2D eigenvalue weighted by molar-refractivity contribution is -0.385. The highest BCUT2D eigenvalue weighted by Crippen LogP contribution is 2.29. The summed E-state index contributed by atoms with van der Waals surface area (Å²) in [6.45, 7) is 0. The smallest absolute Gasteiger partial charge is 0.276 e. The van der Waals surface area contributed by atoms with E-state index in [2.05, 4.69) is 20.7 Å². The van der Waals surface area contributed by atoms with Crippen molar-refractivity contribution in [2.24, 2.45) is 5.10 Å². The van der Waals surface area contributed by atoms with Crippen LogP contribution >= 0.6 is 11.8 Å². The minimum atomic E-state index is -0.458. The zero-order valence-electron chi connectivity index (χ0n) is 21.1. The molecule has 12 heteroatoms. The zero-order chi connectivity index (χ0) is 27.6. The third-order valence-electron chi connectivity index (χ3n) is 5.40. The van der Waals surface area contributed by atoms with Crippen LogP contribution in [0.4, 0.5) is 5.69 Å². The first-order valence-corrected chi connectivity index (χ1v) is 12.6. The molecule has 0 aliphatic heterocycles. The van der Waals surface area contributed by atoms with Gasteiger partial charge in [0.15, 0.2) is 11.0 Å². The molecule has 39 heavy (non-hydrogen) atoms. The molecule has 0 saturated heterocycles. The molecule has 0 aliphatic rings. The number of carbonyl (C=O) groups excluding carboxylic acids is 1. The molecule has 0 radical (unpaired) electrons. The van der Waals surface area contributed by atoms with Crippen LogP contribution in [0.2, 0.25) is 0 Å². The number of allylic oxidation sites excluding steroid dienone is 1. The second-order valence-corrected chi connectivity index (χ2v) is 8.79. The van der Waals surface area contributed by atoms with E-state index in [1.54, 1.807) is 38.5 Å². The molecule has 4 rings (SSSR count). The summed E-state index contributed by atoms with van der Waals surface area (Å²) in [5.74, 6) is 1.70. The van der Waals surface area contributed by atoms with Gasteiger partial charge < -0.3 is 9.47 Å². The van der Waals surface area contributed by atoms with Crippen molar-refractivity contribution < 1.29 is 19.2 Å². The standard InChI is InChI=1S/C27H24N6O5S/c1-37-22-13-9-20(10-14-22)26-30-31-27(32(26)21-11-15-23(38-2)16-12-21)39-18-25(34)29-28-17-5-7-19-6-3-4-8-24(19)33(35)36/h3-17H,18H2,1-2H3,(H,29,34). The fraction of sp³-hybridized carbons (Fsp3) is 0.111. The van der Waals surface area contributed by atoms with E-state index in [4.69, 9.17) is 9.47 Å². The van der Waals surface area contributed by atoms with Gasteiger partial charge in [0.25, 0.3) is 11.6 Å². The molecule has 1 N–H and O–H groups in total. The molecule has 0 aliphatic carbocycles. The van der Waals surface area contributed by atoms with Crippen LogP contribution < -0.4 is 14.9 Å². The first kappa shape index (κ1) is 27.1. The Bertz CT molecular complexity index is 1500. The van der Waals surface area contributed by atoms with E-state index in [1.807, 2.05) is 53.1 Å². The number of benzene rings is 3. The molecule has 0 saturated carbocycles. The van der Waals surface area contributed by atoms with Crippen LogP contribution in [-0.2, 0) is 4.79 Å². The highest BCUT2D eigenvalue weighted by Gasteiger charge is 2.17. The van der Waals surface area contributed by atoms with Gasteiger partial charge in [-0.25, -0.2) is 5.43 Å². The van der Waals surface area contributed by atoms with Gasteiger partial charge in [0, 0.05) is 23.5 Å². The summed E-state index contributed by atoms with van der Waals surface area (Å²) in [6, 6.07) is 21.2. The minimum Gasteiger partial charge on any atom is -0.497 e. The minimum absolute atomic E-state index is 0.0161. The van der Waals surface area contributed by atoms with Crippen molar-refractivity contribution in [3.05, 3.63) is 94.6 Å². The number of nitro groups is 1. The molecule has 0 bridgehead atoms. The van der Waals surface area contributed by atoms with Crippen LogP contribution in [0.25, 0.3) is 23.2 Å². The number of rotatable bonds is 11. The highest BCUT2D eigenvalue weighted by molar-refractivity contribution is 7.99. The summed E-state index contributed by atoms with van der Waals surface area (Å²) in [7, 11) is 3.20. The summed E-state index contributed by atoms with van der Waals surface area (Å²) in [6.07, 6.45) is 4.40. The van der Waals surface area contributed by atoms with Crippen LogP contribution in [-0.4, -0.2) is 51.8 Å². The SMILES string of the molecule is COc1ccc(-c2nnc(SCC(=O)NN=CC=Cc3ccccc3[N+](=O)[O-])n2-c2ccc(OC)cc2)cc1. The maximum atomic E-state index is 12.4. The number of hydrazone groups is 1. The summed E-state index contributed by atoms with van der Waals surface area (Å²) < 4.78 is 12.4. The number of nitro benzene ring substituents is 1. The van der Waals surface area contributed by atoms with E-state index < -0.39 is 4.92 Å². The average Bonchev–Trinajstić information content (AvgIpc) is 3.40. The second kappa shape index (κ2) is 13.0. The van der Waals surface area contributed by atoms with Crippen LogP contribution in [0.3, 0.4) is 0 Å². The lowest BCUT2D eigenvalue weighted by atomic mass is 10.2. The van der Waals surface area contributed by atoms with Crippen molar-refractivity contribution in [3.8, 4) is 28.6 Å². The van der Waals surface area contributed by atoms with Crippen LogP contribution in [0.15, 0.2) is 89.1 Å². The molecule has 0 spiro atoms. The molecule has 198 valence electrons. The number of hydrogen-bond acceptors (Lipinski definition) is 9. The molecule has 4 aromatic rings.